The molecule has 2 heterocycles. The lowest BCUT2D eigenvalue weighted by Gasteiger charge is -2.25. The Morgan fingerprint density at radius 2 is 1.00 bits per heavy atom. The summed E-state index contributed by atoms with van der Waals surface area (Å²) < 4.78 is 21.2. The van der Waals surface area contributed by atoms with Crippen LogP contribution in [0.3, 0.4) is 0 Å². The van der Waals surface area contributed by atoms with Crippen LogP contribution in [0.15, 0.2) is 36.4 Å². The number of rotatable bonds is 6. The molecule has 0 spiro atoms. The maximum atomic E-state index is 12.8. The molecule has 2 aliphatic heterocycles. The number of amides is 4. The van der Waals surface area contributed by atoms with Gasteiger partial charge in [-0.1, -0.05) is 12.1 Å². The molecule has 10 heteroatoms. The number of carbonyl (C=O) groups excluding carboxylic acids is 2. The van der Waals surface area contributed by atoms with E-state index in [2.05, 4.69) is 10.6 Å². The Kier molecular flexibility index (Phi) is 4.90. The third-order valence-corrected chi connectivity index (χ3v) is 5.10. The minimum absolute atomic E-state index is 0.409. The van der Waals surface area contributed by atoms with Crippen molar-refractivity contribution in [3.63, 3.8) is 0 Å². The molecule has 0 aromatic heterocycles. The fraction of sp³-hybridized carbons (Fsp3) is 0.300. The molecule has 158 valence electrons. The molecule has 10 nitrogen and oxygen atoms in total. The van der Waals surface area contributed by atoms with Crippen LogP contribution in [-0.2, 0) is 0 Å². The second-order valence-corrected chi connectivity index (χ2v) is 6.62. The number of nitrogens with zero attached hydrogens (tertiary/aromatic N) is 2. The molecule has 0 radical (unpaired) electrons. The molecule has 30 heavy (non-hydrogen) atoms. The van der Waals surface area contributed by atoms with Gasteiger partial charge in [0.2, 0.25) is 0 Å². The molecule has 2 N–H and O–H groups in total. The van der Waals surface area contributed by atoms with E-state index >= 15 is 0 Å². The fourth-order valence-electron chi connectivity index (χ4n) is 3.66. The van der Waals surface area contributed by atoms with Gasteiger partial charge in [0.05, 0.1) is 28.4 Å². The van der Waals surface area contributed by atoms with Gasteiger partial charge in [0.15, 0.2) is 35.3 Å². The van der Waals surface area contributed by atoms with Crippen LogP contribution in [0.2, 0.25) is 0 Å². The van der Waals surface area contributed by atoms with E-state index in [1.54, 1.807) is 36.4 Å². The first-order valence-electron chi connectivity index (χ1n) is 9.15. The highest BCUT2D eigenvalue weighted by atomic mass is 16.5. The summed E-state index contributed by atoms with van der Waals surface area (Å²) in [6.45, 7) is 0. The number of carbonyl (C=O) groups is 2. The maximum absolute atomic E-state index is 12.8. The minimum atomic E-state index is -0.692. The first kappa shape index (κ1) is 19.5. The number of urea groups is 2. The van der Waals surface area contributed by atoms with Gasteiger partial charge >= 0.3 is 12.1 Å². The number of methoxy groups -OCH3 is 4. The summed E-state index contributed by atoms with van der Waals surface area (Å²) in [5.41, 5.74) is 1.35. The Morgan fingerprint density at radius 3 is 1.33 bits per heavy atom. The van der Waals surface area contributed by atoms with E-state index in [1.165, 1.54) is 38.5 Å². The minimum Gasteiger partial charge on any atom is -0.493 e. The summed E-state index contributed by atoms with van der Waals surface area (Å²) in [5.74, 6) is 2.10. The predicted octanol–water partition coefficient (Wildman–Crippen LogP) is 2.38. The van der Waals surface area contributed by atoms with Gasteiger partial charge in [-0.05, 0) is 24.3 Å². The van der Waals surface area contributed by atoms with Crippen LogP contribution < -0.4 is 29.6 Å². The zero-order chi connectivity index (χ0) is 21.4. The number of hydrogen-bond acceptors (Lipinski definition) is 6. The van der Waals surface area contributed by atoms with Gasteiger partial charge in [-0.3, -0.25) is 0 Å². The van der Waals surface area contributed by atoms with Crippen LogP contribution in [-0.4, -0.2) is 50.5 Å². The summed E-state index contributed by atoms with van der Waals surface area (Å²) >= 11 is 0. The molecule has 2 aliphatic rings. The van der Waals surface area contributed by atoms with Crippen molar-refractivity contribution in [1.29, 1.82) is 0 Å². The average molecular weight is 414 g/mol. The van der Waals surface area contributed by atoms with E-state index < -0.39 is 24.4 Å². The molecular formula is C20H22N4O6. The van der Waals surface area contributed by atoms with Crippen molar-refractivity contribution in [1.82, 2.24) is 20.7 Å². The number of nitrogens with one attached hydrogen (secondary N) is 2. The molecule has 2 aromatic rings. The summed E-state index contributed by atoms with van der Waals surface area (Å²) in [4.78, 5) is 25.6. The lowest BCUT2D eigenvalue weighted by atomic mass is 10.1. The second-order valence-electron chi connectivity index (χ2n) is 6.62. The fourth-order valence-corrected chi connectivity index (χ4v) is 3.66. The second kappa shape index (κ2) is 7.54. The highest BCUT2D eigenvalue weighted by Gasteiger charge is 2.51. The quantitative estimate of drug-likeness (QED) is 0.753. The lowest BCUT2D eigenvalue weighted by Crippen LogP contribution is -2.36. The Hall–Kier alpha value is -3.82. The summed E-state index contributed by atoms with van der Waals surface area (Å²) in [6, 6.07) is 9.63. The van der Waals surface area contributed by atoms with Crippen LogP contribution in [0, 0.1) is 0 Å². The Bertz CT molecular complexity index is 918. The summed E-state index contributed by atoms with van der Waals surface area (Å²) in [5, 5.41) is 8.39. The predicted molar refractivity (Wildman–Crippen MR) is 105 cm³/mol. The van der Waals surface area contributed by atoms with Crippen LogP contribution in [0.5, 0.6) is 23.0 Å². The number of benzene rings is 2. The van der Waals surface area contributed by atoms with Crippen molar-refractivity contribution >= 4 is 12.1 Å². The zero-order valence-corrected chi connectivity index (χ0v) is 17.0. The van der Waals surface area contributed by atoms with Crippen LogP contribution in [0.25, 0.3) is 0 Å². The number of hydrogen-bond donors (Lipinski definition) is 2. The average Bonchev–Trinajstić information content (AvgIpc) is 3.30. The van der Waals surface area contributed by atoms with Gasteiger partial charge in [0.25, 0.3) is 0 Å². The van der Waals surface area contributed by atoms with E-state index in [4.69, 9.17) is 18.9 Å². The van der Waals surface area contributed by atoms with Crippen LogP contribution in [0.1, 0.15) is 23.5 Å². The maximum Gasteiger partial charge on any atom is 0.340 e. The number of hydrazine groups is 1. The zero-order valence-electron chi connectivity index (χ0n) is 17.0. The smallest absolute Gasteiger partial charge is 0.340 e. The highest BCUT2D eigenvalue weighted by molar-refractivity contribution is 5.88. The van der Waals surface area contributed by atoms with Crippen molar-refractivity contribution in [2.75, 3.05) is 28.4 Å². The molecule has 0 bridgehead atoms. The van der Waals surface area contributed by atoms with Crippen LogP contribution >= 0.6 is 0 Å². The van der Waals surface area contributed by atoms with Crippen molar-refractivity contribution in [3.8, 4) is 23.0 Å². The van der Waals surface area contributed by atoms with Crippen molar-refractivity contribution < 1.29 is 28.5 Å². The van der Waals surface area contributed by atoms with Gasteiger partial charge in [-0.2, -0.15) is 0 Å². The molecule has 4 rings (SSSR count). The number of fused-ring (bicyclic) bond motifs is 1. The molecule has 0 saturated carbocycles. The monoisotopic (exact) mass is 414 g/mol. The summed E-state index contributed by atoms with van der Waals surface area (Å²) in [6.07, 6.45) is -1.38. The highest BCUT2D eigenvalue weighted by Crippen LogP contribution is 2.40. The van der Waals surface area contributed by atoms with E-state index in [0.717, 1.165) is 0 Å². The standard InChI is InChI=1S/C20H22N4O6/c1-27-13-7-5-11(9-15(13)29-3)17-21-19(25)24-18(22-20(26)23(17)24)12-6-8-14(28-2)16(10-12)30-4/h5-10,17-18H,1-4H3,(H,21,25)(H,22,26)/t17-,18-/m0/s1. The van der Waals surface area contributed by atoms with Gasteiger partial charge in [-0.25, -0.2) is 19.6 Å². The number of ether oxygens (including phenoxy) is 4. The van der Waals surface area contributed by atoms with E-state index in [1.807, 2.05) is 0 Å². The first-order chi connectivity index (χ1) is 14.5. The molecular weight excluding hydrogens is 392 g/mol. The Morgan fingerprint density at radius 1 is 0.633 bits per heavy atom. The summed E-state index contributed by atoms with van der Waals surface area (Å²) in [7, 11) is 6.13. The third kappa shape index (κ3) is 2.97. The Balaban J connectivity index is 1.68. The molecule has 2 saturated heterocycles. The van der Waals surface area contributed by atoms with Crippen LogP contribution in [0.4, 0.5) is 9.59 Å². The van der Waals surface area contributed by atoms with Crippen molar-refractivity contribution in [2.45, 2.75) is 12.3 Å². The SMILES string of the molecule is COc1ccc([C@H]2NC(=O)N3[C@@H](c4ccc(OC)c(OC)c4)NC(=O)N23)cc1OC. The lowest BCUT2D eigenvalue weighted by molar-refractivity contribution is 0.0670. The van der Waals surface area contributed by atoms with E-state index in [9.17, 15) is 9.59 Å². The van der Waals surface area contributed by atoms with E-state index in [0.29, 0.717) is 34.1 Å². The third-order valence-electron chi connectivity index (χ3n) is 5.10. The van der Waals surface area contributed by atoms with Crippen molar-refractivity contribution in [2.24, 2.45) is 0 Å². The molecule has 2 atom stereocenters. The molecule has 2 aromatic carbocycles. The molecule has 0 aliphatic carbocycles. The largest absolute Gasteiger partial charge is 0.493 e. The van der Waals surface area contributed by atoms with Crippen molar-refractivity contribution in [3.05, 3.63) is 47.5 Å². The van der Waals surface area contributed by atoms with Gasteiger partial charge in [0, 0.05) is 11.1 Å². The van der Waals surface area contributed by atoms with Gasteiger partial charge in [0.1, 0.15) is 0 Å². The molecule has 4 amide bonds. The first-order valence-corrected chi connectivity index (χ1v) is 9.15. The topological polar surface area (TPSA) is 102 Å². The van der Waals surface area contributed by atoms with Gasteiger partial charge < -0.3 is 29.6 Å². The molecule has 0 unspecified atom stereocenters. The Labute approximate surface area is 173 Å². The normalized spacial score (nSPS) is 19.9. The van der Waals surface area contributed by atoms with Gasteiger partial charge in [-0.15, -0.1) is 0 Å². The van der Waals surface area contributed by atoms with E-state index in [-0.39, 0.29) is 0 Å². The molecule has 2 fully saturated rings.